The zero-order chi connectivity index (χ0) is 16.1. The molecule has 2 nitrogen and oxygen atoms in total. The van der Waals surface area contributed by atoms with Crippen molar-refractivity contribution in [2.75, 3.05) is 32.7 Å². The second-order valence-electron chi connectivity index (χ2n) is 6.10. The van der Waals surface area contributed by atoms with E-state index in [0.717, 1.165) is 45.7 Å². The fraction of sp³-hybridized carbons (Fsp3) is 0.368. The number of halogens is 2. The Morgan fingerprint density at radius 2 is 1.43 bits per heavy atom. The molecule has 0 saturated carbocycles. The summed E-state index contributed by atoms with van der Waals surface area (Å²) in [6, 6.07) is 16.7. The smallest absolute Gasteiger partial charge is 0.0595 e. The highest BCUT2D eigenvalue weighted by atomic mass is 35.5. The molecule has 1 aliphatic rings. The molecule has 0 aromatic heterocycles. The molecule has 0 amide bonds. The van der Waals surface area contributed by atoms with Crippen molar-refractivity contribution in [2.24, 2.45) is 0 Å². The van der Waals surface area contributed by atoms with Crippen LogP contribution in [0.3, 0.4) is 0 Å². The molecule has 1 aliphatic heterocycles. The van der Waals surface area contributed by atoms with Gasteiger partial charge in [-0.3, -0.25) is 4.90 Å². The summed E-state index contributed by atoms with van der Waals surface area (Å²) in [7, 11) is 0. The van der Waals surface area contributed by atoms with E-state index in [1.807, 2.05) is 12.1 Å². The van der Waals surface area contributed by atoms with E-state index >= 15 is 0 Å². The van der Waals surface area contributed by atoms with Crippen LogP contribution in [0.4, 0.5) is 0 Å². The van der Waals surface area contributed by atoms with Gasteiger partial charge in [-0.05, 0) is 29.7 Å². The highest BCUT2D eigenvalue weighted by molar-refractivity contribution is 6.42. The van der Waals surface area contributed by atoms with Gasteiger partial charge in [0.1, 0.15) is 0 Å². The summed E-state index contributed by atoms with van der Waals surface area (Å²) >= 11 is 12.1. The summed E-state index contributed by atoms with van der Waals surface area (Å²) in [6.07, 6.45) is 1.13. The van der Waals surface area contributed by atoms with Crippen LogP contribution in [-0.2, 0) is 13.0 Å². The van der Waals surface area contributed by atoms with Crippen LogP contribution in [0.15, 0.2) is 48.5 Å². The molecule has 4 heteroatoms. The first-order valence-corrected chi connectivity index (χ1v) is 8.89. The van der Waals surface area contributed by atoms with Crippen molar-refractivity contribution in [2.45, 2.75) is 13.0 Å². The fourth-order valence-electron chi connectivity index (χ4n) is 3.00. The maximum Gasteiger partial charge on any atom is 0.0595 e. The van der Waals surface area contributed by atoms with Gasteiger partial charge in [-0.2, -0.15) is 0 Å². The minimum absolute atomic E-state index is 0.626. The molecule has 3 rings (SSSR count). The van der Waals surface area contributed by atoms with Crippen LogP contribution in [0.25, 0.3) is 0 Å². The Labute approximate surface area is 148 Å². The van der Waals surface area contributed by atoms with Gasteiger partial charge in [0.05, 0.1) is 10.0 Å². The van der Waals surface area contributed by atoms with E-state index in [1.54, 1.807) is 0 Å². The predicted molar refractivity (Wildman–Crippen MR) is 98.3 cm³/mol. The van der Waals surface area contributed by atoms with Crippen LogP contribution in [0.5, 0.6) is 0 Å². The van der Waals surface area contributed by atoms with Crippen LogP contribution < -0.4 is 0 Å². The van der Waals surface area contributed by atoms with Crippen molar-refractivity contribution in [3.63, 3.8) is 0 Å². The van der Waals surface area contributed by atoms with Gasteiger partial charge >= 0.3 is 0 Å². The van der Waals surface area contributed by atoms with E-state index in [1.165, 1.54) is 11.1 Å². The van der Waals surface area contributed by atoms with Gasteiger partial charge in [-0.1, -0.05) is 59.6 Å². The number of nitrogens with zero attached hydrogens (tertiary/aromatic N) is 2. The van der Waals surface area contributed by atoms with Gasteiger partial charge in [0.15, 0.2) is 0 Å². The number of piperazine rings is 1. The molecule has 2 aromatic rings. The minimum Gasteiger partial charge on any atom is -0.300 e. The SMILES string of the molecule is Clc1ccc(CN2CCN(CCc3ccccc3)CC2)cc1Cl. The van der Waals surface area contributed by atoms with E-state index in [9.17, 15) is 0 Å². The topological polar surface area (TPSA) is 6.48 Å². The number of hydrogen-bond acceptors (Lipinski definition) is 2. The molecular weight excluding hydrogens is 327 g/mol. The summed E-state index contributed by atoms with van der Waals surface area (Å²) < 4.78 is 0. The van der Waals surface area contributed by atoms with E-state index in [2.05, 4.69) is 46.2 Å². The predicted octanol–water partition coefficient (Wildman–Crippen LogP) is 4.35. The minimum atomic E-state index is 0.626. The third-order valence-corrected chi connectivity index (χ3v) is 5.15. The van der Waals surface area contributed by atoms with Gasteiger partial charge in [0.25, 0.3) is 0 Å². The summed E-state index contributed by atoms with van der Waals surface area (Å²) in [4.78, 5) is 5.04. The lowest BCUT2D eigenvalue weighted by molar-refractivity contribution is 0.128. The van der Waals surface area contributed by atoms with E-state index in [0.29, 0.717) is 10.0 Å². The fourth-order valence-corrected chi connectivity index (χ4v) is 3.32. The van der Waals surface area contributed by atoms with E-state index in [-0.39, 0.29) is 0 Å². The van der Waals surface area contributed by atoms with Crippen LogP contribution in [0.2, 0.25) is 10.0 Å². The third kappa shape index (κ3) is 4.95. The van der Waals surface area contributed by atoms with Crippen LogP contribution in [0, 0.1) is 0 Å². The molecule has 23 heavy (non-hydrogen) atoms. The average Bonchev–Trinajstić information content (AvgIpc) is 2.58. The number of rotatable bonds is 5. The van der Waals surface area contributed by atoms with Gasteiger partial charge in [-0.25, -0.2) is 0 Å². The molecule has 0 aliphatic carbocycles. The standard InChI is InChI=1S/C19H22Cl2N2/c20-18-7-6-17(14-19(18)21)15-23-12-10-22(11-13-23)9-8-16-4-2-1-3-5-16/h1-7,14H,8-13,15H2. The summed E-state index contributed by atoms with van der Waals surface area (Å²) in [6.45, 7) is 6.57. The first kappa shape index (κ1) is 16.8. The van der Waals surface area contributed by atoms with Crippen molar-refractivity contribution in [3.8, 4) is 0 Å². The summed E-state index contributed by atoms with van der Waals surface area (Å²) in [5.41, 5.74) is 2.66. The Hall–Kier alpha value is -1.06. The average molecular weight is 349 g/mol. The highest BCUT2D eigenvalue weighted by Crippen LogP contribution is 2.23. The molecule has 1 fully saturated rings. The first-order valence-electron chi connectivity index (χ1n) is 8.13. The second kappa shape index (κ2) is 8.16. The molecule has 0 spiro atoms. The van der Waals surface area contributed by atoms with Gasteiger partial charge < -0.3 is 4.90 Å². The third-order valence-electron chi connectivity index (χ3n) is 4.41. The van der Waals surface area contributed by atoms with E-state index in [4.69, 9.17) is 23.2 Å². The number of hydrogen-bond donors (Lipinski definition) is 0. The molecule has 1 saturated heterocycles. The summed E-state index contributed by atoms with van der Waals surface area (Å²) in [5, 5.41) is 1.27. The normalized spacial score (nSPS) is 16.6. The lowest BCUT2D eigenvalue weighted by Crippen LogP contribution is -2.46. The van der Waals surface area contributed by atoms with Crippen LogP contribution in [-0.4, -0.2) is 42.5 Å². The lowest BCUT2D eigenvalue weighted by Gasteiger charge is -2.34. The Kier molecular flexibility index (Phi) is 5.96. The van der Waals surface area contributed by atoms with Crippen molar-refractivity contribution in [1.29, 1.82) is 0 Å². The Bertz CT molecular complexity index is 623. The second-order valence-corrected chi connectivity index (χ2v) is 6.92. The van der Waals surface area contributed by atoms with Crippen molar-refractivity contribution < 1.29 is 0 Å². The maximum absolute atomic E-state index is 6.10. The zero-order valence-corrected chi connectivity index (χ0v) is 14.7. The molecule has 1 heterocycles. The van der Waals surface area contributed by atoms with Gasteiger partial charge in [-0.15, -0.1) is 0 Å². The molecule has 2 aromatic carbocycles. The number of benzene rings is 2. The molecule has 0 radical (unpaired) electrons. The Morgan fingerprint density at radius 3 is 2.13 bits per heavy atom. The molecule has 122 valence electrons. The largest absolute Gasteiger partial charge is 0.300 e. The highest BCUT2D eigenvalue weighted by Gasteiger charge is 2.16. The van der Waals surface area contributed by atoms with Gasteiger partial charge in [0.2, 0.25) is 0 Å². The van der Waals surface area contributed by atoms with Crippen LogP contribution >= 0.6 is 23.2 Å². The van der Waals surface area contributed by atoms with Gasteiger partial charge in [0, 0.05) is 39.3 Å². The first-order chi connectivity index (χ1) is 11.2. The Balaban J connectivity index is 1.44. The monoisotopic (exact) mass is 348 g/mol. The summed E-state index contributed by atoms with van der Waals surface area (Å²) in [5.74, 6) is 0. The quantitative estimate of drug-likeness (QED) is 0.792. The van der Waals surface area contributed by atoms with Crippen LogP contribution in [0.1, 0.15) is 11.1 Å². The molecule has 0 atom stereocenters. The van der Waals surface area contributed by atoms with Crippen molar-refractivity contribution in [1.82, 2.24) is 9.80 Å². The Morgan fingerprint density at radius 1 is 0.739 bits per heavy atom. The molecule has 0 bridgehead atoms. The molecule has 0 N–H and O–H groups in total. The lowest BCUT2D eigenvalue weighted by atomic mass is 10.1. The van der Waals surface area contributed by atoms with E-state index < -0.39 is 0 Å². The maximum atomic E-state index is 6.10. The zero-order valence-electron chi connectivity index (χ0n) is 13.2. The van der Waals surface area contributed by atoms with Crippen molar-refractivity contribution >= 4 is 23.2 Å². The molecule has 0 unspecified atom stereocenters. The molecular formula is C19H22Cl2N2. The van der Waals surface area contributed by atoms with Crippen molar-refractivity contribution in [3.05, 3.63) is 69.7 Å².